The van der Waals surface area contributed by atoms with E-state index in [0.29, 0.717) is 38.5 Å². The Morgan fingerprint density at radius 3 is 2.35 bits per heavy atom. The molecule has 0 fully saturated rings. The van der Waals surface area contributed by atoms with E-state index < -0.39 is 16.0 Å². The van der Waals surface area contributed by atoms with Gasteiger partial charge in [-0.15, -0.1) is 0 Å². The smallest absolute Gasteiger partial charge is 0.342 e. The molecule has 2 heterocycles. The lowest BCUT2D eigenvalue weighted by Gasteiger charge is -2.12. The zero-order valence-corrected chi connectivity index (χ0v) is 19.7. The summed E-state index contributed by atoms with van der Waals surface area (Å²) in [6.07, 6.45) is 0. The number of carbonyl (C=O) groups excluding carboxylic acids is 1. The normalized spacial score (nSPS) is 12.0. The highest BCUT2D eigenvalue weighted by atomic mass is 32.2. The van der Waals surface area contributed by atoms with Crippen molar-refractivity contribution in [3.05, 3.63) is 70.3 Å². The molecule has 0 spiro atoms. The first-order valence-corrected chi connectivity index (χ1v) is 11.8. The zero-order chi connectivity index (χ0) is 24.4. The lowest BCUT2D eigenvalue weighted by atomic mass is 10.0. The highest BCUT2D eigenvalue weighted by Crippen LogP contribution is 2.37. The van der Waals surface area contributed by atoms with E-state index in [-0.39, 0.29) is 21.8 Å². The maximum absolute atomic E-state index is 13.4. The molecule has 5 rings (SSSR count). The van der Waals surface area contributed by atoms with Crippen LogP contribution in [0.1, 0.15) is 16.1 Å². The van der Waals surface area contributed by atoms with Gasteiger partial charge >= 0.3 is 11.7 Å². The van der Waals surface area contributed by atoms with Gasteiger partial charge in [0.1, 0.15) is 16.9 Å². The summed E-state index contributed by atoms with van der Waals surface area (Å²) in [5, 5.41) is 1.70. The van der Waals surface area contributed by atoms with Crippen LogP contribution in [0.15, 0.2) is 62.6 Å². The molecule has 10 heteroatoms. The van der Waals surface area contributed by atoms with Gasteiger partial charge in [0.25, 0.3) is 10.0 Å². The number of ether oxygens (including phenoxy) is 1. The van der Waals surface area contributed by atoms with Crippen LogP contribution in [0.4, 0.5) is 5.69 Å². The molecule has 9 nitrogen and oxygen atoms in total. The molecule has 34 heavy (non-hydrogen) atoms. The summed E-state index contributed by atoms with van der Waals surface area (Å²) >= 11 is 0. The molecule has 0 aliphatic heterocycles. The molecule has 0 amide bonds. The largest absolute Gasteiger partial charge is 0.465 e. The summed E-state index contributed by atoms with van der Waals surface area (Å²) in [6.45, 7) is 1.66. The van der Waals surface area contributed by atoms with Crippen LogP contribution in [0.5, 0.6) is 0 Å². The first-order chi connectivity index (χ1) is 16.1. The Kier molecular flexibility index (Phi) is 4.80. The van der Waals surface area contributed by atoms with E-state index in [9.17, 15) is 18.0 Å². The van der Waals surface area contributed by atoms with Gasteiger partial charge in [-0.3, -0.25) is 13.9 Å². The van der Waals surface area contributed by atoms with Gasteiger partial charge in [0.2, 0.25) is 0 Å². The van der Waals surface area contributed by atoms with Crippen molar-refractivity contribution in [2.45, 2.75) is 11.8 Å². The summed E-state index contributed by atoms with van der Waals surface area (Å²) in [7, 11) is 0.456. The first kappa shape index (κ1) is 21.8. The van der Waals surface area contributed by atoms with Crippen LogP contribution in [0.25, 0.3) is 32.8 Å². The van der Waals surface area contributed by atoms with E-state index in [4.69, 9.17) is 9.15 Å². The number of imidazole rings is 1. The molecule has 1 N–H and O–H groups in total. The average Bonchev–Trinajstić information content (AvgIpc) is 3.27. The van der Waals surface area contributed by atoms with Gasteiger partial charge in [0, 0.05) is 30.3 Å². The van der Waals surface area contributed by atoms with Crippen molar-refractivity contribution in [3.8, 4) is 0 Å². The van der Waals surface area contributed by atoms with Gasteiger partial charge < -0.3 is 9.15 Å². The van der Waals surface area contributed by atoms with Crippen LogP contribution in [-0.2, 0) is 28.9 Å². The third-order valence-electron chi connectivity index (χ3n) is 6.06. The minimum Gasteiger partial charge on any atom is -0.465 e. The fourth-order valence-electron chi connectivity index (χ4n) is 4.34. The van der Waals surface area contributed by atoms with Crippen LogP contribution < -0.4 is 10.4 Å². The number of hydrogen-bond donors (Lipinski definition) is 1. The second-order valence-corrected chi connectivity index (χ2v) is 9.71. The van der Waals surface area contributed by atoms with Crippen LogP contribution in [-0.4, -0.2) is 30.6 Å². The van der Waals surface area contributed by atoms with Gasteiger partial charge in [-0.1, -0.05) is 24.3 Å². The number of fused-ring (bicyclic) bond motifs is 4. The number of benzene rings is 3. The molecular formula is C24H21N3O6S. The van der Waals surface area contributed by atoms with Crippen molar-refractivity contribution in [1.82, 2.24) is 9.13 Å². The number of carbonyl (C=O) groups is 1. The van der Waals surface area contributed by atoms with Gasteiger partial charge in [0.05, 0.1) is 28.7 Å². The molecule has 0 radical (unpaired) electrons. The van der Waals surface area contributed by atoms with Gasteiger partial charge in [-0.2, -0.15) is 0 Å². The van der Waals surface area contributed by atoms with E-state index in [1.165, 1.54) is 28.4 Å². The van der Waals surface area contributed by atoms with E-state index in [0.717, 1.165) is 0 Å². The molecule has 0 saturated carbocycles. The molecule has 174 valence electrons. The number of hydrogen-bond acceptors (Lipinski definition) is 6. The van der Waals surface area contributed by atoms with Crippen LogP contribution in [0.3, 0.4) is 0 Å². The van der Waals surface area contributed by atoms with Crippen molar-refractivity contribution in [2.24, 2.45) is 14.1 Å². The standard InChI is InChI=1S/C24H21N3O6S/c1-13-21(23(28)32-4)17-12-18(15-7-5-6-8-16(15)22(17)33-13)25-34(30,31)14-9-10-19-20(11-14)27(3)24(29)26(19)2/h5-12,25H,1-4H3. The lowest BCUT2D eigenvalue weighted by Crippen LogP contribution is -2.19. The number of nitrogens with one attached hydrogen (secondary N) is 1. The summed E-state index contributed by atoms with van der Waals surface area (Å²) in [5.74, 6) is -0.196. The fraction of sp³-hybridized carbons (Fsp3) is 0.167. The van der Waals surface area contributed by atoms with Crippen LogP contribution in [0, 0.1) is 6.92 Å². The number of esters is 1. The number of nitrogens with zero attached hydrogens (tertiary/aromatic N) is 2. The maximum Gasteiger partial charge on any atom is 0.342 e. The Hall–Kier alpha value is -4.05. The quantitative estimate of drug-likeness (QED) is 0.394. The third-order valence-corrected chi connectivity index (χ3v) is 7.42. The Balaban J connectivity index is 1.71. The number of anilines is 1. The number of aromatic nitrogens is 2. The number of furan rings is 1. The molecule has 0 bridgehead atoms. The Morgan fingerprint density at radius 2 is 1.65 bits per heavy atom. The van der Waals surface area contributed by atoms with Crippen LogP contribution >= 0.6 is 0 Å². The summed E-state index contributed by atoms with van der Waals surface area (Å²) in [4.78, 5) is 24.6. The van der Waals surface area contributed by atoms with E-state index in [1.54, 1.807) is 57.4 Å². The van der Waals surface area contributed by atoms with Crippen molar-refractivity contribution in [1.29, 1.82) is 0 Å². The van der Waals surface area contributed by atoms with Gasteiger partial charge in [-0.05, 0) is 31.2 Å². The Bertz CT molecular complexity index is 1810. The predicted octanol–water partition coefficient (Wildman–Crippen LogP) is 3.67. The lowest BCUT2D eigenvalue weighted by molar-refractivity contribution is 0.0600. The van der Waals surface area contributed by atoms with Crippen molar-refractivity contribution in [3.63, 3.8) is 0 Å². The van der Waals surface area contributed by atoms with Gasteiger partial charge in [-0.25, -0.2) is 18.0 Å². The highest BCUT2D eigenvalue weighted by Gasteiger charge is 2.24. The predicted molar refractivity (Wildman–Crippen MR) is 129 cm³/mol. The molecule has 0 aliphatic carbocycles. The van der Waals surface area contributed by atoms with E-state index >= 15 is 0 Å². The molecule has 5 aromatic rings. The minimum atomic E-state index is -4.04. The summed E-state index contributed by atoms with van der Waals surface area (Å²) in [6, 6.07) is 13.2. The zero-order valence-electron chi connectivity index (χ0n) is 18.9. The molecule has 3 aromatic carbocycles. The van der Waals surface area contributed by atoms with Gasteiger partial charge in [0.15, 0.2) is 0 Å². The number of methoxy groups -OCH3 is 1. The first-order valence-electron chi connectivity index (χ1n) is 10.4. The second kappa shape index (κ2) is 7.49. The Morgan fingerprint density at radius 1 is 0.971 bits per heavy atom. The third kappa shape index (κ3) is 3.10. The molecule has 2 aromatic heterocycles. The van der Waals surface area contributed by atoms with Crippen molar-refractivity contribution in [2.75, 3.05) is 11.8 Å². The molecule has 0 atom stereocenters. The molecule has 0 aliphatic rings. The van der Waals surface area contributed by atoms with Crippen molar-refractivity contribution < 1.29 is 22.4 Å². The molecular weight excluding hydrogens is 458 g/mol. The average molecular weight is 480 g/mol. The monoisotopic (exact) mass is 479 g/mol. The van der Waals surface area contributed by atoms with E-state index in [1.807, 2.05) is 0 Å². The molecule has 0 saturated heterocycles. The van der Waals surface area contributed by atoms with Crippen LogP contribution in [0.2, 0.25) is 0 Å². The number of rotatable bonds is 4. The SMILES string of the molecule is COC(=O)c1c(C)oc2c1cc(NS(=O)(=O)c1ccc3c(c1)n(C)c(=O)n3C)c1ccccc12. The fourth-order valence-corrected chi connectivity index (χ4v) is 5.43. The summed E-state index contributed by atoms with van der Waals surface area (Å²) < 4.78 is 43.0. The highest BCUT2D eigenvalue weighted by molar-refractivity contribution is 7.92. The summed E-state index contributed by atoms with van der Waals surface area (Å²) in [5.41, 5.74) is 1.86. The topological polar surface area (TPSA) is 113 Å². The maximum atomic E-state index is 13.4. The minimum absolute atomic E-state index is 0.00180. The number of sulfonamides is 1. The Labute approximate surface area is 194 Å². The van der Waals surface area contributed by atoms with E-state index in [2.05, 4.69) is 4.72 Å². The molecule has 0 unspecified atom stereocenters. The van der Waals surface area contributed by atoms with Crippen molar-refractivity contribution >= 4 is 54.5 Å². The second-order valence-electron chi connectivity index (χ2n) is 8.03. The number of aryl methyl sites for hydroxylation is 3.